The fraction of sp³-hybridized carbons (Fsp3) is 0.132. The van der Waals surface area contributed by atoms with Crippen molar-refractivity contribution in [2.75, 3.05) is 16.8 Å². The highest BCUT2D eigenvalue weighted by atomic mass is 35.5. The van der Waals surface area contributed by atoms with Gasteiger partial charge in [0.25, 0.3) is 11.8 Å². The molecule has 5 aromatic carbocycles. The van der Waals surface area contributed by atoms with Crippen molar-refractivity contribution < 1.29 is 24.6 Å². The van der Waals surface area contributed by atoms with E-state index in [2.05, 4.69) is 5.32 Å². The Labute approximate surface area is 271 Å². The Morgan fingerprint density at radius 2 is 1.48 bits per heavy atom. The first-order valence-corrected chi connectivity index (χ1v) is 15.4. The number of rotatable bonds is 7. The molecule has 0 bridgehead atoms. The fourth-order valence-electron chi connectivity index (χ4n) is 5.81. The van der Waals surface area contributed by atoms with Crippen LogP contribution in [-0.4, -0.2) is 34.4 Å². The molecule has 2 amide bonds. The average molecular weight is 631 g/mol. The van der Waals surface area contributed by atoms with E-state index in [1.165, 1.54) is 17.0 Å². The molecular formula is C38H31ClN2O5. The minimum Gasteiger partial charge on any atom is -0.388 e. The monoisotopic (exact) mass is 630 g/mol. The van der Waals surface area contributed by atoms with Crippen LogP contribution in [0.15, 0.2) is 121 Å². The van der Waals surface area contributed by atoms with E-state index < -0.39 is 29.8 Å². The first-order chi connectivity index (χ1) is 22.3. The van der Waals surface area contributed by atoms with Gasteiger partial charge in [0.2, 0.25) is 0 Å². The van der Waals surface area contributed by atoms with E-state index in [1.807, 2.05) is 42.5 Å². The summed E-state index contributed by atoms with van der Waals surface area (Å²) >= 11 is 6.23. The molecule has 0 saturated heterocycles. The van der Waals surface area contributed by atoms with Crippen molar-refractivity contribution in [1.82, 2.24) is 0 Å². The van der Waals surface area contributed by atoms with Gasteiger partial charge in [0.15, 0.2) is 5.78 Å². The maximum atomic E-state index is 14.2. The van der Waals surface area contributed by atoms with Crippen LogP contribution < -0.4 is 10.2 Å². The number of carbonyl (C=O) groups excluding carboxylic acids is 3. The highest BCUT2D eigenvalue weighted by Crippen LogP contribution is 2.36. The summed E-state index contributed by atoms with van der Waals surface area (Å²) in [5.41, 5.74) is 3.74. The minimum absolute atomic E-state index is 0.0455. The van der Waals surface area contributed by atoms with Crippen LogP contribution in [0.4, 0.5) is 11.4 Å². The van der Waals surface area contributed by atoms with E-state index in [-0.39, 0.29) is 16.8 Å². The lowest BCUT2D eigenvalue weighted by molar-refractivity contribution is 0.0743. The summed E-state index contributed by atoms with van der Waals surface area (Å²) in [7, 11) is 0. The fourth-order valence-corrected chi connectivity index (χ4v) is 5.99. The van der Waals surface area contributed by atoms with Crippen molar-refractivity contribution in [3.05, 3.63) is 154 Å². The molecule has 2 unspecified atom stereocenters. The third-order valence-corrected chi connectivity index (χ3v) is 8.37. The molecule has 1 aliphatic heterocycles. The first kappa shape index (κ1) is 30.9. The SMILES string of the molecule is O=C(Nc1ccc(C(=O)N2CCCC(O)c3cc(Cl)ccc32)c(C(=O)C(O)c2ccccc2)c1)c1ccccc1-c1ccccc1. The summed E-state index contributed by atoms with van der Waals surface area (Å²) in [6.07, 6.45) is -1.40. The molecule has 0 saturated carbocycles. The Hall–Kier alpha value is -5.08. The van der Waals surface area contributed by atoms with Crippen LogP contribution >= 0.6 is 11.6 Å². The summed E-state index contributed by atoms with van der Waals surface area (Å²) in [4.78, 5) is 43.3. The predicted molar refractivity (Wildman–Crippen MR) is 179 cm³/mol. The van der Waals surface area contributed by atoms with E-state index in [4.69, 9.17) is 11.6 Å². The van der Waals surface area contributed by atoms with Gasteiger partial charge >= 0.3 is 0 Å². The van der Waals surface area contributed by atoms with Crippen molar-refractivity contribution in [3.63, 3.8) is 0 Å². The minimum atomic E-state index is -1.55. The second kappa shape index (κ2) is 13.5. The third-order valence-electron chi connectivity index (χ3n) is 8.14. The van der Waals surface area contributed by atoms with Gasteiger partial charge in [-0.3, -0.25) is 14.4 Å². The van der Waals surface area contributed by atoms with E-state index >= 15 is 0 Å². The molecule has 5 aromatic rings. The number of carbonyl (C=O) groups is 3. The highest BCUT2D eigenvalue weighted by Gasteiger charge is 2.31. The Bertz CT molecular complexity index is 1910. The van der Waals surface area contributed by atoms with Crippen LogP contribution in [0.1, 0.15) is 67.3 Å². The normalized spacial score (nSPS) is 14.9. The molecule has 1 heterocycles. The Morgan fingerprint density at radius 1 is 0.783 bits per heavy atom. The van der Waals surface area contributed by atoms with Gasteiger partial charge in [-0.25, -0.2) is 0 Å². The number of aliphatic hydroxyl groups excluding tert-OH is 2. The molecule has 0 aliphatic carbocycles. The zero-order valence-corrected chi connectivity index (χ0v) is 25.5. The number of ketones is 1. The van der Waals surface area contributed by atoms with Gasteiger partial charge in [0, 0.05) is 39.6 Å². The average Bonchev–Trinajstić information content (AvgIpc) is 3.26. The van der Waals surface area contributed by atoms with Gasteiger partial charge in [0.1, 0.15) is 6.10 Å². The third kappa shape index (κ3) is 6.34. The van der Waals surface area contributed by atoms with Crippen LogP contribution in [0.5, 0.6) is 0 Å². The van der Waals surface area contributed by atoms with E-state index in [0.29, 0.717) is 46.8 Å². The van der Waals surface area contributed by atoms with Crippen molar-refractivity contribution in [3.8, 4) is 11.1 Å². The van der Waals surface area contributed by atoms with E-state index in [0.717, 1.165) is 11.1 Å². The molecule has 46 heavy (non-hydrogen) atoms. The van der Waals surface area contributed by atoms with Gasteiger partial charge in [-0.15, -0.1) is 0 Å². The van der Waals surface area contributed by atoms with Gasteiger partial charge in [-0.05, 0) is 72.0 Å². The number of Topliss-reactive ketones (excluding diaryl/α,β-unsaturated/α-hetero) is 1. The summed E-state index contributed by atoms with van der Waals surface area (Å²) < 4.78 is 0. The Morgan fingerprint density at radius 3 is 2.24 bits per heavy atom. The number of aliphatic hydroxyl groups is 2. The van der Waals surface area contributed by atoms with Gasteiger partial charge < -0.3 is 20.4 Å². The summed E-state index contributed by atoms with van der Waals surface area (Å²) in [5.74, 6) is -1.57. The zero-order valence-electron chi connectivity index (χ0n) is 24.8. The number of anilines is 2. The number of nitrogens with zero attached hydrogens (tertiary/aromatic N) is 1. The molecule has 1 aliphatic rings. The van der Waals surface area contributed by atoms with Crippen LogP contribution in [0.3, 0.4) is 0 Å². The number of halogens is 1. The molecule has 0 spiro atoms. The number of benzene rings is 5. The number of nitrogens with one attached hydrogen (secondary N) is 1. The van der Waals surface area contributed by atoms with Gasteiger partial charge in [-0.2, -0.15) is 0 Å². The van der Waals surface area contributed by atoms with E-state index in [1.54, 1.807) is 66.7 Å². The van der Waals surface area contributed by atoms with Crippen molar-refractivity contribution in [2.24, 2.45) is 0 Å². The molecule has 7 nitrogen and oxygen atoms in total. The van der Waals surface area contributed by atoms with E-state index in [9.17, 15) is 24.6 Å². The predicted octanol–water partition coefficient (Wildman–Crippen LogP) is 7.65. The Balaban J connectivity index is 1.39. The molecule has 0 fully saturated rings. The maximum absolute atomic E-state index is 14.2. The Kier molecular flexibility index (Phi) is 9.08. The number of amides is 2. The van der Waals surface area contributed by atoms with Crippen LogP contribution in [0, 0.1) is 0 Å². The number of fused-ring (bicyclic) bond motifs is 1. The summed E-state index contributed by atoms with van der Waals surface area (Å²) in [6.45, 7) is 0.300. The van der Waals surface area contributed by atoms with Crippen LogP contribution in [-0.2, 0) is 0 Å². The molecule has 2 atom stereocenters. The molecule has 6 rings (SSSR count). The smallest absolute Gasteiger partial charge is 0.259 e. The molecule has 3 N–H and O–H groups in total. The highest BCUT2D eigenvalue weighted by molar-refractivity contribution is 6.30. The van der Waals surface area contributed by atoms with Crippen LogP contribution in [0.2, 0.25) is 5.02 Å². The van der Waals surface area contributed by atoms with Crippen LogP contribution in [0.25, 0.3) is 11.1 Å². The molecule has 230 valence electrons. The first-order valence-electron chi connectivity index (χ1n) is 15.0. The second-order valence-electron chi connectivity index (χ2n) is 11.1. The van der Waals surface area contributed by atoms with Gasteiger partial charge in [0.05, 0.1) is 11.7 Å². The molecular weight excluding hydrogens is 600 g/mol. The maximum Gasteiger partial charge on any atom is 0.259 e. The largest absolute Gasteiger partial charge is 0.388 e. The lowest BCUT2D eigenvalue weighted by Crippen LogP contribution is -2.33. The van der Waals surface area contributed by atoms with Gasteiger partial charge in [-0.1, -0.05) is 90.5 Å². The second-order valence-corrected chi connectivity index (χ2v) is 11.6. The molecule has 0 radical (unpaired) electrons. The zero-order chi connectivity index (χ0) is 32.2. The topological polar surface area (TPSA) is 107 Å². The number of hydrogen-bond donors (Lipinski definition) is 3. The quantitative estimate of drug-likeness (QED) is 0.160. The lowest BCUT2D eigenvalue weighted by atomic mass is 9.94. The summed E-state index contributed by atoms with van der Waals surface area (Å²) in [6, 6.07) is 34.7. The van der Waals surface area contributed by atoms with Crippen molar-refractivity contribution in [1.29, 1.82) is 0 Å². The molecule has 0 aromatic heterocycles. The summed E-state index contributed by atoms with van der Waals surface area (Å²) in [5, 5.41) is 25.2. The van der Waals surface area contributed by atoms with Crippen molar-refractivity contribution >= 4 is 40.6 Å². The number of hydrogen-bond acceptors (Lipinski definition) is 5. The standard InChI is InChI=1S/C38H31ClN2O5/c39-26-17-20-33-32(22-26)34(42)16-9-21-41(33)38(46)30-19-18-27(23-31(30)36(44)35(43)25-12-5-2-6-13-25)40-37(45)29-15-8-7-14-28(29)24-10-3-1-4-11-24/h1-8,10-15,17-20,22-23,34-35,42-43H,9,16,21H2,(H,40,45). The molecule has 8 heteroatoms. The lowest BCUT2D eigenvalue weighted by Gasteiger charge is -2.25. The van der Waals surface area contributed by atoms with Crippen molar-refractivity contribution in [2.45, 2.75) is 25.0 Å².